The predicted molar refractivity (Wildman–Crippen MR) is 122 cm³/mol. The molecule has 2 aromatic rings. The molecule has 0 saturated carbocycles. The molecule has 8 nitrogen and oxygen atoms in total. The predicted octanol–water partition coefficient (Wildman–Crippen LogP) is 1.98. The molecule has 0 aliphatic carbocycles. The van der Waals surface area contributed by atoms with Crippen LogP contribution in [0.15, 0.2) is 42.5 Å². The average molecular weight is 465 g/mol. The highest BCUT2D eigenvalue weighted by Crippen LogP contribution is 2.28. The van der Waals surface area contributed by atoms with Crippen LogP contribution in [0.25, 0.3) is 0 Å². The van der Waals surface area contributed by atoms with Gasteiger partial charge in [0.2, 0.25) is 5.91 Å². The quantitative estimate of drug-likeness (QED) is 0.551. The minimum absolute atomic E-state index is 0.186. The molecule has 0 bridgehead atoms. The first kappa shape index (κ1) is 23.1. The van der Waals surface area contributed by atoms with E-state index >= 15 is 0 Å². The van der Waals surface area contributed by atoms with Crippen LogP contribution in [0.3, 0.4) is 0 Å². The minimum atomic E-state index is -3.56. The number of amides is 2. The van der Waals surface area contributed by atoms with Gasteiger partial charge in [0.05, 0.1) is 22.9 Å². The first-order chi connectivity index (χ1) is 14.6. The summed E-state index contributed by atoms with van der Waals surface area (Å²) in [6.07, 6.45) is 0. The van der Waals surface area contributed by atoms with Crippen molar-refractivity contribution in [1.29, 1.82) is 0 Å². The fourth-order valence-corrected chi connectivity index (χ4v) is 4.83. The van der Waals surface area contributed by atoms with Gasteiger partial charge < -0.3 is 20.9 Å². The van der Waals surface area contributed by atoms with Crippen LogP contribution in [0.2, 0.25) is 5.02 Å². The van der Waals surface area contributed by atoms with Gasteiger partial charge >= 0.3 is 0 Å². The number of carbonyl (C=O) groups excluding carboxylic acids is 2. The Bertz CT molecular complexity index is 1070. The molecule has 1 atom stereocenters. The van der Waals surface area contributed by atoms with Gasteiger partial charge in [-0.2, -0.15) is 0 Å². The molecule has 0 spiro atoms. The number of anilines is 2. The van der Waals surface area contributed by atoms with Crippen LogP contribution in [-0.2, 0) is 20.4 Å². The van der Waals surface area contributed by atoms with Crippen LogP contribution in [0.1, 0.15) is 15.9 Å². The van der Waals surface area contributed by atoms with E-state index in [4.69, 9.17) is 11.6 Å². The molecule has 1 unspecified atom stereocenters. The summed E-state index contributed by atoms with van der Waals surface area (Å²) in [5.41, 5.74) is 2.02. The summed E-state index contributed by atoms with van der Waals surface area (Å²) in [7, 11) is 0.274. The molecule has 1 heterocycles. The maximum atomic E-state index is 12.6. The highest BCUT2D eigenvalue weighted by molar-refractivity contribution is 7.90. The summed E-state index contributed by atoms with van der Waals surface area (Å²) < 4.78 is 25.2. The fourth-order valence-electron chi connectivity index (χ4n) is 3.15. The van der Waals surface area contributed by atoms with Gasteiger partial charge in [-0.3, -0.25) is 9.59 Å². The summed E-state index contributed by atoms with van der Waals surface area (Å²) in [6.45, 7) is 1.21. The second-order valence-corrected chi connectivity index (χ2v) is 10.2. The first-order valence-corrected chi connectivity index (χ1v) is 11.9. The van der Waals surface area contributed by atoms with Crippen molar-refractivity contribution in [3.63, 3.8) is 0 Å². The van der Waals surface area contributed by atoms with Crippen molar-refractivity contribution < 1.29 is 18.0 Å². The zero-order valence-corrected chi connectivity index (χ0v) is 18.9. The van der Waals surface area contributed by atoms with E-state index in [0.29, 0.717) is 40.6 Å². The Balaban J connectivity index is 1.65. The van der Waals surface area contributed by atoms with Crippen molar-refractivity contribution in [2.45, 2.75) is 11.8 Å². The van der Waals surface area contributed by atoms with Crippen LogP contribution < -0.4 is 16.0 Å². The lowest BCUT2D eigenvalue weighted by atomic mass is 10.1. The van der Waals surface area contributed by atoms with Crippen LogP contribution >= 0.6 is 11.6 Å². The second kappa shape index (κ2) is 9.67. The summed E-state index contributed by atoms with van der Waals surface area (Å²) in [6, 6.07) is 10.5. The van der Waals surface area contributed by atoms with Crippen molar-refractivity contribution in [3.8, 4) is 0 Å². The molecular formula is C21H25ClN4O4S. The molecule has 3 N–H and O–H groups in total. The van der Waals surface area contributed by atoms with E-state index in [9.17, 15) is 18.0 Å². The van der Waals surface area contributed by atoms with Crippen molar-refractivity contribution in [2.24, 2.45) is 0 Å². The number of sulfone groups is 1. The van der Waals surface area contributed by atoms with Gasteiger partial charge in [0.1, 0.15) is 6.04 Å². The lowest BCUT2D eigenvalue weighted by Crippen LogP contribution is -2.43. The van der Waals surface area contributed by atoms with Gasteiger partial charge in [-0.05, 0) is 50.0 Å². The third kappa shape index (κ3) is 6.43. The molecule has 2 amide bonds. The van der Waals surface area contributed by atoms with E-state index in [0.717, 1.165) is 0 Å². The van der Waals surface area contributed by atoms with E-state index in [1.54, 1.807) is 42.5 Å². The van der Waals surface area contributed by atoms with Gasteiger partial charge in [0.15, 0.2) is 9.84 Å². The Morgan fingerprint density at radius 3 is 2.52 bits per heavy atom. The Morgan fingerprint density at radius 1 is 1.13 bits per heavy atom. The van der Waals surface area contributed by atoms with Crippen molar-refractivity contribution in [2.75, 3.05) is 43.6 Å². The molecule has 0 aromatic heterocycles. The largest absolute Gasteiger partial charge is 0.371 e. The maximum Gasteiger partial charge on any atom is 0.251 e. The smallest absolute Gasteiger partial charge is 0.251 e. The Kier molecular flexibility index (Phi) is 7.19. The number of fused-ring (bicyclic) bond motifs is 1. The van der Waals surface area contributed by atoms with Gasteiger partial charge in [-0.1, -0.05) is 23.7 Å². The Hall–Kier alpha value is -2.62. The summed E-state index contributed by atoms with van der Waals surface area (Å²) in [5, 5.41) is 9.01. The van der Waals surface area contributed by atoms with Crippen molar-refractivity contribution in [1.82, 2.24) is 10.2 Å². The summed E-state index contributed by atoms with van der Waals surface area (Å²) >= 11 is 5.83. The lowest BCUT2D eigenvalue weighted by molar-refractivity contribution is -0.116. The van der Waals surface area contributed by atoms with Crippen LogP contribution in [0.4, 0.5) is 11.4 Å². The molecule has 31 heavy (non-hydrogen) atoms. The number of nitrogens with one attached hydrogen (secondary N) is 3. The number of likely N-dealkylation sites (N-methyl/N-ethyl adjacent to an activating group) is 1. The normalized spacial score (nSPS) is 15.7. The summed E-state index contributed by atoms with van der Waals surface area (Å²) in [4.78, 5) is 26.7. The summed E-state index contributed by atoms with van der Waals surface area (Å²) in [5.74, 6) is -1.24. The Morgan fingerprint density at radius 2 is 1.84 bits per heavy atom. The minimum Gasteiger partial charge on any atom is -0.371 e. The van der Waals surface area contributed by atoms with Crippen LogP contribution in [-0.4, -0.2) is 64.1 Å². The fraction of sp³-hybridized carbons (Fsp3) is 0.333. The number of halogens is 1. The number of hydrogen-bond donors (Lipinski definition) is 3. The molecule has 0 radical (unpaired) electrons. The third-order valence-corrected chi connectivity index (χ3v) is 6.62. The molecule has 0 fully saturated rings. The number of rotatable bonds is 8. The van der Waals surface area contributed by atoms with E-state index in [1.165, 1.54) is 0 Å². The zero-order valence-electron chi connectivity index (χ0n) is 17.3. The molecule has 1 aliphatic heterocycles. The molecule has 2 aromatic carbocycles. The molecule has 3 rings (SSSR count). The topological polar surface area (TPSA) is 108 Å². The first-order valence-electron chi connectivity index (χ1n) is 9.72. The van der Waals surface area contributed by atoms with E-state index in [-0.39, 0.29) is 17.4 Å². The van der Waals surface area contributed by atoms with Crippen molar-refractivity contribution >= 4 is 44.6 Å². The maximum absolute atomic E-state index is 12.6. The van der Waals surface area contributed by atoms with Crippen LogP contribution in [0, 0.1) is 0 Å². The molecule has 166 valence electrons. The van der Waals surface area contributed by atoms with E-state index < -0.39 is 21.8 Å². The standard InChI is InChI=1S/C21H25ClN4O4S/c1-26(2)10-9-23-20(27)15-5-8-17-18(11-15)25-21(28)19(24-17)13-31(29,30)12-14-3-6-16(22)7-4-14/h3-8,11,19,24H,9-10,12-13H2,1-2H3,(H,23,27)(H,25,28). The number of carbonyl (C=O) groups is 2. The van der Waals surface area contributed by atoms with E-state index in [1.807, 2.05) is 19.0 Å². The zero-order chi connectivity index (χ0) is 22.6. The number of hydrogen-bond acceptors (Lipinski definition) is 6. The number of nitrogens with zero attached hydrogens (tertiary/aromatic N) is 1. The molecule has 1 aliphatic rings. The van der Waals surface area contributed by atoms with Gasteiger partial charge in [0.25, 0.3) is 5.91 Å². The second-order valence-electron chi connectivity index (χ2n) is 7.69. The average Bonchev–Trinajstić information content (AvgIpc) is 2.69. The third-order valence-electron chi connectivity index (χ3n) is 4.75. The van der Waals surface area contributed by atoms with Gasteiger partial charge in [-0.25, -0.2) is 8.42 Å². The number of benzene rings is 2. The highest BCUT2D eigenvalue weighted by atomic mass is 35.5. The van der Waals surface area contributed by atoms with Crippen LogP contribution in [0.5, 0.6) is 0 Å². The van der Waals surface area contributed by atoms with E-state index in [2.05, 4.69) is 16.0 Å². The monoisotopic (exact) mass is 464 g/mol. The Labute approximate surface area is 186 Å². The van der Waals surface area contributed by atoms with Gasteiger partial charge in [-0.15, -0.1) is 0 Å². The SMILES string of the molecule is CN(C)CCNC(=O)c1ccc2c(c1)NC(=O)C(CS(=O)(=O)Cc1ccc(Cl)cc1)N2. The van der Waals surface area contributed by atoms with Crippen molar-refractivity contribution in [3.05, 3.63) is 58.6 Å². The molecule has 0 saturated heterocycles. The molecular weight excluding hydrogens is 440 g/mol. The highest BCUT2D eigenvalue weighted by Gasteiger charge is 2.30. The molecule has 10 heteroatoms. The lowest BCUT2D eigenvalue weighted by Gasteiger charge is -2.27. The van der Waals surface area contributed by atoms with Gasteiger partial charge in [0, 0.05) is 23.7 Å².